The van der Waals surface area contributed by atoms with E-state index in [4.69, 9.17) is 0 Å². The van der Waals surface area contributed by atoms with Gasteiger partial charge in [0.15, 0.2) is 0 Å². The summed E-state index contributed by atoms with van der Waals surface area (Å²) in [5.74, 6) is -0.940. The van der Waals surface area contributed by atoms with Gasteiger partial charge in [-0.25, -0.2) is 4.79 Å². The number of hydrogen-bond donors (Lipinski definition) is 1. The van der Waals surface area contributed by atoms with Gasteiger partial charge in [0.1, 0.15) is 0 Å². The topological polar surface area (TPSA) is 50.2 Å². The Morgan fingerprint density at radius 2 is 1.74 bits per heavy atom. The van der Waals surface area contributed by atoms with Crippen molar-refractivity contribution in [1.82, 2.24) is 4.98 Å². The largest absolute Gasteiger partial charge is 0.478 e. The van der Waals surface area contributed by atoms with Gasteiger partial charge in [-0.1, -0.05) is 42.5 Å². The summed E-state index contributed by atoms with van der Waals surface area (Å²) in [7, 11) is 0. The smallest absolute Gasteiger partial charge is 0.336 e. The van der Waals surface area contributed by atoms with Gasteiger partial charge in [0.2, 0.25) is 0 Å². The molecule has 92 valence electrons. The molecule has 1 N–H and O–H groups in total. The average molecular weight is 249 g/mol. The van der Waals surface area contributed by atoms with Crippen LogP contribution in [0.4, 0.5) is 0 Å². The van der Waals surface area contributed by atoms with Gasteiger partial charge in [-0.15, -0.1) is 0 Å². The molecule has 3 rings (SSSR count). The molecular formula is C16H11NO2. The molecule has 0 aliphatic heterocycles. The third-order valence-electron chi connectivity index (χ3n) is 3.13. The van der Waals surface area contributed by atoms with Crippen LogP contribution in [0.15, 0.2) is 60.9 Å². The van der Waals surface area contributed by atoms with Crippen molar-refractivity contribution in [3.8, 4) is 11.1 Å². The Labute approximate surface area is 110 Å². The second kappa shape index (κ2) is 4.53. The van der Waals surface area contributed by atoms with E-state index in [0.717, 1.165) is 16.3 Å². The molecule has 0 spiro atoms. The number of carbonyl (C=O) groups is 1. The summed E-state index contributed by atoms with van der Waals surface area (Å²) < 4.78 is 0. The van der Waals surface area contributed by atoms with Crippen LogP contribution in [0, 0.1) is 0 Å². The third kappa shape index (κ3) is 1.95. The zero-order chi connectivity index (χ0) is 13.2. The van der Waals surface area contributed by atoms with Crippen LogP contribution >= 0.6 is 0 Å². The summed E-state index contributed by atoms with van der Waals surface area (Å²) in [6, 6.07) is 15.3. The van der Waals surface area contributed by atoms with Crippen molar-refractivity contribution in [2.24, 2.45) is 0 Å². The number of rotatable bonds is 2. The molecule has 0 fully saturated rings. The van der Waals surface area contributed by atoms with Crippen LogP contribution in [0.25, 0.3) is 21.9 Å². The Hall–Kier alpha value is -2.68. The van der Waals surface area contributed by atoms with E-state index in [9.17, 15) is 9.90 Å². The molecule has 3 heteroatoms. The van der Waals surface area contributed by atoms with Gasteiger partial charge in [0.25, 0.3) is 0 Å². The third-order valence-corrected chi connectivity index (χ3v) is 3.13. The highest BCUT2D eigenvalue weighted by Gasteiger charge is 2.13. The first kappa shape index (κ1) is 11.4. The van der Waals surface area contributed by atoms with Gasteiger partial charge in [0.05, 0.1) is 5.56 Å². The van der Waals surface area contributed by atoms with Crippen molar-refractivity contribution < 1.29 is 9.90 Å². The van der Waals surface area contributed by atoms with Crippen LogP contribution in [0.1, 0.15) is 10.4 Å². The Bertz CT molecular complexity index is 760. The van der Waals surface area contributed by atoms with Crippen LogP contribution < -0.4 is 0 Å². The van der Waals surface area contributed by atoms with Crippen LogP contribution in [-0.2, 0) is 0 Å². The number of carboxylic acid groups (broad SMARTS) is 1. The molecule has 0 amide bonds. The number of pyridine rings is 1. The molecule has 1 aromatic heterocycles. The van der Waals surface area contributed by atoms with E-state index in [0.29, 0.717) is 5.56 Å². The molecule has 0 aliphatic rings. The maximum atomic E-state index is 11.3. The first-order valence-electron chi connectivity index (χ1n) is 5.93. The minimum absolute atomic E-state index is 0.270. The molecule has 2 aromatic carbocycles. The lowest BCUT2D eigenvalue weighted by molar-refractivity contribution is 0.0697. The quantitative estimate of drug-likeness (QED) is 0.754. The molecule has 0 saturated carbocycles. The predicted molar refractivity (Wildman–Crippen MR) is 74.1 cm³/mol. The molecule has 0 radical (unpaired) electrons. The van der Waals surface area contributed by atoms with Gasteiger partial charge >= 0.3 is 5.97 Å². The predicted octanol–water partition coefficient (Wildman–Crippen LogP) is 3.60. The minimum atomic E-state index is -0.940. The standard InChI is InChI=1S/C16H11NO2/c18-16(19)14-8-9-17-10-15(14)13-7-3-5-11-4-1-2-6-12(11)13/h1-10H,(H,18,19). The van der Waals surface area contributed by atoms with Crippen molar-refractivity contribution in [1.29, 1.82) is 0 Å². The summed E-state index contributed by atoms with van der Waals surface area (Å²) in [5.41, 5.74) is 1.81. The Morgan fingerprint density at radius 1 is 0.947 bits per heavy atom. The van der Waals surface area contributed by atoms with Gasteiger partial charge in [-0.3, -0.25) is 4.98 Å². The molecule has 0 saturated heterocycles. The summed E-state index contributed by atoms with van der Waals surface area (Å²) in [5, 5.41) is 11.4. The zero-order valence-corrected chi connectivity index (χ0v) is 10.1. The normalized spacial score (nSPS) is 10.5. The number of nitrogens with zero attached hydrogens (tertiary/aromatic N) is 1. The van der Waals surface area contributed by atoms with E-state index in [1.807, 2.05) is 42.5 Å². The second-order valence-corrected chi connectivity index (χ2v) is 4.25. The van der Waals surface area contributed by atoms with Crippen molar-refractivity contribution in [2.75, 3.05) is 0 Å². The second-order valence-electron chi connectivity index (χ2n) is 4.25. The Balaban J connectivity index is 2.34. The molecule has 0 bridgehead atoms. The van der Waals surface area contributed by atoms with Crippen molar-refractivity contribution in [2.45, 2.75) is 0 Å². The number of aromatic nitrogens is 1. The van der Waals surface area contributed by atoms with E-state index in [1.54, 1.807) is 6.20 Å². The SMILES string of the molecule is O=C(O)c1ccncc1-c1cccc2ccccc12. The summed E-state index contributed by atoms with van der Waals surface area (Å²) in [6.07, 6.45) is 3.10. The first-order chi connectivity index (χ1) is 9.27. The fraction of sp³-hybridized carbons (Fsp3) is 0. The monoisotopic (exact) mass is 249 g/mol. The number of fused-ring (bicyclic) bond motifs is 1. The van der Waals surface area contributed by atoms with Crippen LogP contribution in [0.2, 0.25) is 0 Å². The summed E-state index contributed by atoms with van der Waals surface area (Å²) >= 11 is 0. The van der Waals surface area contributed by atoms with Crippen LogP contribution in [0.3, 0.4) is 0 Å². The first-order valence-corrected chi connectivity index (χ1v) is 5.93. The van der Waals surface area contributed by atoms with Crippen molar-refractivity contribution in [3.63, 3.8) is 0 Å². The Morgan fingerprint density at radius 3 is 2.58 bits per heavy atom. The number of carboxylic acids is 1. The van der Waals surface area contributed by atoms with E-state index >= 15 is 0 Å². The van der Waals surface area contributed by atoms with Crippen LogP contribution in [0.5, 0.6) is 0 Å². The zero-order valence-electron chi connectivity index (χ0n) is 10.1. The number of aromatic carboxylic acids is 1. The number of benzene rings is 2. The molecule has 3 nitrogen and oxygen atoms in total. The molecule has 19 heavy (non-hydrogen) atoms. The lowest BCUT2D eigenvalue weighted by atomic mass is 9.96. The van der Waals surface area contributed by atoms with Gasteiger partial charge in [-0.05, 0) is 22.4 Å². The number of hydrogen-bond acceptors (Lipinski definition) is 2. The van der Waals surface area contributed by atoms with Crippen LogP contribution in [-0.4, -0.2) is 16.1 Å². The minimum Gasteiger partial charge on any atom is -0.478 e. The van der Waals surface area contributed by atoms with Gasteiger partial charge in [-0.2, -0.15) is 0 Å². The maximum absolute atomic E-state index is 11.3. The summed E-state index contributed by atoms with van der Waals surface area (Å²) in [6.45, 7) is 0. The Kier molecular flexibility index (Phi) is 2.72. The highest BCUT2D eigenvalue weighted by Crippen LogP contribution is 2.30. The highest BCUT2D eigenvalue weighted by atomic mass is 16.4. The average Bonchev–Trinajstić information content (AvgIpc) is 2.46. The molecule has 0 aliphatic carbocycles. The molecule has 0 atom stereocenters. The maximum Gasteiger partial charge on any atom is 0.336 e. The molecule has 0 unspecified atom stereocenters. The molecule has 3 aromatic rings. The van der Waals surface area contributed by atoms with Gasteiger partial charge in [0, 0.05) is 18.0 Å². The van der Waals surface area contributed by atoms with Gasteiger partial charge < -0.3 is 5.11 Å². The van der Waals surface area contributed by atoms with E-state index in [-0.39, 0.29) is 5.56 Å². The van der Waals surface area contributed by atoms with E-state index in [1.165, 1.54) is 12.3 Å². The van der Waals surface area contributed by atoms with Crippen molar-refractivity contribution in [3.05, 3.63) is 66.5 Å². The molecular weight excluding hydrogens is 238 g/mol. The summed E-state index contributed by atoms with van der Waals surface area (Å²) in [4.78, 5) is 15.4. The molecule has 1 heterocycles. The lowest BCUT2D eigenvalue weighted by Gasteiger charge is -2.09. The van der Waals surface area contributed by atoms with E-state index in [2.05, 4.69) is 4.98 Å². The van der Waals surface area contributed by atoms with E-state index < -0.39 is 5.97 Å². The van der Waals surface area contributed by atoms with Crippen molar-refractivity contribution >= 4 is 16.7 Å². The fourth-order valence-electron chi connectivity index (χ4n) is 2.26. The highest BCUT2D eigenvalue weighted by molar-refractivity contribution is 6.03. The fourth-order valence-corrected chi connectivity index (χ4v) is 2.26. The lowest BCUT2D eigenvalue weighted by Crippen LogP contribution is -2.00.